The standard InChI is InChI=1S/C21H23N3O3/c1-15-6-4-5-7-18(15)27-14-19(25)23-20(21-22-12-13-24(21)2)16-8-10-17(26-3)11-9-16/h4-13,20H,14H2,1-3H3,(H,23,25)/t20-/m1/s1. The zero-order chi connectivity index (χ0) is 19.2. The molecule has 0 saturated carbocycles. The second-order valence-electron chi connectivity index (χ2n) is 6.22. The van der Waals surface area contributed by atoms with Gasteiger partial charge in [0.2, 0.25) is 0 Å². The lowest BCUT2D eigenvalue weighted by Crippen LogP contribution is -2.34. The summed E-state index contributed by atoms with van der Waals surface area (Å²) in [6.07, 6.45) is 3.56. The van der Waals surface area contributed by atoms with E-state index in [2.05, 4.69) is 10.3 Å². The molecule has 0 radical (unpaired) electrons. The molecule has 0 bridgehead atoms. The first-order valence-electron chi connectivity index (χ1n) is 8.67. The Bertz CT molecular complexity index is 903. The summed E-state index contributed by atoms with van der Waals surface area (Å²) in [5, 5.41) is 3.02. The van der Waals surface area contributed by atoms with Crippen LogP contribution in [-0.2, 0) is 11.8 Å². The quantitative estimate of drug-likeness (QED) is 0.699. The van der Waals surface area contributed by atoms with Gasteiger partial charge in [0, 0.05) is 19.4 Å². The van der Waals surface area contributed by atoms with E-state index in [4.69, 9.17) is 9.47 Å². The number of methoxy groups -OCH3 is 1. The third kappa shape index (κ3) is 4.47. The van der Waals surface area contributed by atoms with E-state index in [9.17, 15) is 4.79 Å². The van der Waals surface area contributed by atoms with Gasteiger partial charge < -0.3 is 19.4 Å². The Morgan fingerprint density at radius 2 is 1.93 bits per heavy atom. The number of aryl methyl sites for hydroxylation is 2. The van der Waals surface area contributed by atoms with Crippen LogP contribution >= 0.6 is 0 Å². The Labute approximate surface area is 158 Å². The van der Waals surface area contributed by atoms with E-state index in [1.165, 1.54) is 0 Å². The van der Waals surface area contributed by atoms with E-state index < -0.39 is 0 Å². The number of para-hydroxylation sites is 1. The van der Waals surface area contributed by atoms with Crippen LogP contribution in [0.25, 0.3) is 0 Å². The fraction of sp³-hybridized carbons (Fsp3) is 0.238. The van der Waals surface area contributed by atoms with E-state index in [1.54, 1.807) is 13.3 Å². The van der Waals surface area contributed by atoms with Crippen molar-refractivity contribution < 1.29 is 14.3 Å². The van der Waals surface area contributed by atoms with Gasteiger partial charge in [-0.05, 0) is 36.2 Å². The molecule has 3 aromatic rings. The molecule has 0 saturated heterocycles. The molecular weight excluding hydrogens is 342 g/mol. The van der Waals surface area contributed by atoms with Crippen LogP contribution in [0.4, 0.5) is 0 Å². The summed E-state index contributed by atoms with van der Waals surface area (Å²) in [6, 6.07) is 14.8. The minimum atomic E-state index is -0.385. The molecule has 1 amide bonds. The van der Waals surface area contributed by atoms with Crippen molar-refractivity contribution in [3.05, 3.63) is 77.9 Å². The average Bonchev–Trinajstić information content (AvgIpc) is 3.11. The van der Waals surface area contributed by atoms with Gasteiger partial charge in [0.1, 0.15) is 23.4 Å². The fourth-order valence-electron chi connectivity index (χ4n) is 2.81. The summed E-state index contributed by atoms with van der Waals surface area (Å²) in [4.78, 5) is 16.9. The number of aromatic nitrogens is 2. The Hall–Kier alpha value is -3.28. The number of carbonyl (C=O) groups excluding carboxylic acids is 1. The highest BCUT2D eigenvalue weighted by Crippen LogP contribution is 2.23. The lowest BCUT2D eigenvalue weighted by Gasteiger charge is -2.20. The second kappa shape index (κ2) is 8.40. The molecule has 1 heterocycles. The first-order valence-corrected chi connectivity index (χ1v) is 8.67. The predicted molar refractivity (Wildman–Crippen MR) is 103 cm³/mol. The molecule has 27 heavy (non-hydrogen) atoms. The Morgan fingerprint density at radius 1 is 1.19 bits per heavy atom. The van der Waals surface area contributed by atoms with Gasteiger partial charge in [-0.3, -0.25) is 4.79 Å². The number of carbonyl (C=O) groups is 1. The summed E-state index contributed by atoms with van der Waals surface area (Å²) in [7, 11) is 3.52. The molecule has 2 aromatic carbocycles. The zero-order valence-corrected chi connectivity index (χ0v) is 15.7. The highest BCUT2D eigenvalue weighted by atomic mass is 16.5. The van der Waals surface area contributed by atoms with Crippen molar-refractivity contribution in [1.29, 1.82) is 0 Å². The maximum Gasteiger partial charge on any atom is 0.258 e. The number of nitrogens with zero attached hydrogens (tertiary/aromatic N) is 2. The highest BCUT2D eigenvalue weighted by molar-refractivity contribution is 5.78. The third-order valence-electron chi connectivity index (χ3n) is 4.32. The maximum absolute atomic E-state index is 12.5. The predicted octanol–water partition coefficient (Wildman–Crippen LogP) is 3.02. The lowest BCUT2D eigenvalue weighted by atomic mass is 10.1. The summed E-state index contributed by atoms with van der Waals surface area (Å²) in [5.74, 6) is 1.98. The molecule has 0 unspecified atom stereocenters. The van der Waals surface area contributed by atoms with Crippen LogP contribution in [0.3, 0.4) is 0 Å². The van der Waals surface area contributed by atoms with Gasteiger partial charge in [-0.1, -0.05) is 30.3 Å². The number of imidazole rings is 1. The molecule has 3 rings (SSSR count). The van der Waals surface area contributed by atoms with Gasteiger partial charge >= 0.3 is 0 Å². The van der Waals surface area contributed by atoms with E-state index in [0.29, 0.717) is 5.75 Å². The summed E-state index contributed by atoms with van der Waals surface area (Å²) in [5.41, 5.74) is 1.90. The summed E-state index contributed by atoms with van der Waals surface area (Å²) in [6.45, 7) is 1.88. The Kier molecular flexibility index (Phi) is 5.76. The number of ether oxygens (including phenoxy) is 2. The van der Waals surface area contributed by atoms with E-state index in [-0.39, 0.29) is 18.6 Å². The first kappa shape index (κ1) is 18.5. The Morgan fingerprint density at radius 3 is 2.56 bits per heavy atom. The number of hydrogen-bond acceptors (Lipinski definition) is 4. The molecule has 0 aliphatic carbocycles. The van der Waals surface area contributed by atoms with Crippen LogP contribution < -0.4 is 14.8 Å². The van der Waals surface area contributed by atoms with E-state index in [0.717, 1.165) is 22.7 Å². The zero-order valence-electron chi connectivity index (χ0n) is 15.7. The van der Waals surface area contributed by atoms with Gasteiger partial charge in [0.25, 0.3) is 5.91 Å². The molecule has 0 spiro atoms. The van der Waals surface area contributed by atoms with Crippen molar-refractivity contribution in [2.75, 3.05) is 13.7 Å². The fourth-order valence-corrected chi connectivity index (χ4v) is 2.81. The molecule has 6 nitrogen and oxygen atoms in total. The number of nitrogens with one attached hydrogen (secondary N) is 1. The van der Waals surface area contributed by atoms with Crippen LogP contribution in [0.15, 0.2) is 60.9 Å². The second-order valence-corrected chi connectivity index (χ2v) is 6.22. The van der Waals surface area contributed by atoms with Gasteiger partial charge in [0.15, 0.2) is 6.61 Å². The van der Waals surface area contributed by atoms with Gasteiger partial charge in [-0.2, -0.15) is 0 Å². The number of rotatable bonds is 7. The van der Waals surface area contributed by atoms with Crippen LogP contribution in [-0.4, -0.2) is 29.2 Å². The SMILES string of the molecule is COc1ccc([C@@H](NC(=O)COc2ccccc2C)c2nccn2C)cc1. The van der Waals surface area contributed by atoms with Gasteiger partial charge in [0.05, 0.1) is 7.11 Å². The highest BCUT2D eigenvalue weighted by Gasteiger charge is 2.21. The molecule has 0 aliphatic heterocycles. The van der Waals surface area contributed by atoms with Crippen molar-refractivity contribution in [3.8, 4) is 11.5 Å². The molecule has 1 aromatic heterocycles. The molecule has 1 atom stereocenters. The molecule has 6 heteroatoms. The maximum atomic E-state index is 12.5. The molecule has 140 valence electrons. The van der Waals surface area contributed by atoms with Crippen LogP contribution in [0.5, 0.6) is 11.5 Å². The number of benzene rings is 2. The van der Waals surface area contributed by atoms with Gasteiger partial charge in [-0.15, -0.1) is 0 Å². The smallest absolute Gasteiger partial charge is 0.258 e. The van der Waals surface area contributed by atoms with Crippen molar-refractivity contribution in [2.45, 2.75) is 13.0 Å². The van der Waals surface area contributed by atoms with Crippen molar-refractivity contribution in [3.63, 3.8) is 0 Å². The molecule has 0 aliphatic rings. The number of hydrogen-bond donors (Lipinski definition) is 1. The summed E-state index contributed by atoms with van der Waals surface area (Å²) < 4.78 is 12.8. The average molecular weight is 365 g/mol. The Balaban J connectivity index is 1.76. The van der Waals surface area contributed by atoms with Crippen LogP contribution in [0, 0.1) is 6.92 Å². The van der Waals surface area contributed by atoms with Crippen molar-refractivity contribution in [2.24, 2.45) is 7.05 Å². The van der Waals surface area contributed by atoms with Gasteiger partial charge in [-0.25, -0.2) is 4.98 Å². The molecular formula is C21H23N3O3. The normalized spacial score (nSPS) is 11.7. The van der Waals surface area contributed by atoms with Crippen molar-refractivity contribution >= 4 is 5.91 Å². The van der Waals surface area contributed by atoms with Crippen LogP contribution in [0.2, 0.25) is 0 Å². The number of amides is 1. The van der Waals surface area contributed by atoms with Crippen molar-refractivity contribution in [1.82, 2.24) is 14.9 Å². The van der Waals surface area contributed by atoms with E-state index in [1.807, 2.05) is 73.3 Å². The topological polar surface area (TPSA) is 65.4 Å². The lowest BCUT2D eigenvalue weighted by molar-refractivity contribution is -0.123. The van der Waals surface area contributed by atoms with Crippen LogP contribution in [0.1, 0.15) is 23.0 Å². The third-order valence-corrected chi connectivity index (χ3v) is 4.32. The minimum absolute atomic E-state index is 0.0675. The minimum Gasteiger partial charge on any atom is -0.497 e. The molecule has 1 N–H and O–H groups in total. The largest absolute Gasteiger partial charge is 0.497 e. The monoisotopic (exact) mass is 365 g/mol. The molecule has 0 fully saturated rings. The van der Waals surface area contributed by atoms with E-state index >= 15 is 0 Å². The summed E-state index contributed by atoms with van der Waals surface area (Å²) >= 11 is 0. The first-order chi connectivity index (χ1) is 13.1.